The summed E-state index contributed by atoms with van der Waals surface area (Å²) in [6.07, 6.45) is 5.32. The standard InChI is InChI=1S/C19H19NO3/c21-18(22)12-17(20-19(23)14-6-2-3-7-14)16-10-9-13-5-1-4-8-15(13)11-16/h1-5,8-11,14,17H,6-7,12H2,(H,20,23)(H,21,22)/t17-/m0/s1. The van der Waals surface area contributed by atoms with Gasteiger partial charge in [-0.05, 0) is 35.2 Å². The van der Waals surface area contributed by atoms with E-state index in [1.54, 1.807) is 0 Å². The Kier molecular flexibility index (Phi) is 4.42. The summed E-state index contributed by atoms with van der Waals surface area (Å²) < 4.78 is 0. The molecule has 1 amide bonds. The van der Waals surface area contributed by atoms with Crippen LogP contribution in [0.25, 0.3) is 10.8 Å². The van der Waals surface area contributed by atoms with E-state index in [9.17, 15) is 14.7 Å². The molecule has 3 rings (SSSR count). The van der Waals surface area contributed by atoms with Crippen LogP contribution in [0.2, 0.25) is 0 Å². The second-order valence-electron chi connectivity index (χ2n) is 5.91. The van der Waals surface area contributed by atoms with Gasteiger partial charge in [-0.25, -0.2) is 0 Å². The lowest BCUT2D eigenvalue weighted by atomic mass is 9.98. The highest BCUT2D eigenvalue weighted by atomic mass is 16.4. The number of allylic oxidation sites excluding steroid dienone is 2. The largest absolute Gasteiger partial charge is 0.481 e. The Morgan fingerprint density at radius 2 is 1.78 bits per heavy atom. The van der Waals surface area contributed by atoms with Gasteiger partial charge in [-0.1, -0.05) is 48.6 Å². The summed E-state index contributed by atoms with van der Waals surface area (Å²) in [4.78, 5) is 23.5. The first kappa shape index (κ1) is 15.3. The van der Waals surface area contributed by atoms with Gasteiger partial charge in [-0.15, -0.1) is 0 Å². The molecule has 4 heteroatoms. The molecule has 118 valence electrons. The molecule has 2 aromatic rings. The Labute approximate surface area is 134 Å². The highest BCUT2D eigenvalue weighted by Gasteiger charge is 2.24. The van der Waals surface area contributed by atoms with Gasteiger partial charge in [0.1, 0.15) is 0 Å². The van der Waals surface area contributed by atoms with Gasteiger partial charge in [0.15, 0.2) is 0 Å². The van der Waals surface area contributed by atoms with Crippen molar-refractivity contribution < 1.29 is 14.7 Å². The maximum atomic E-state index is 12.3. The van der Waals surface area contributed by atoms with Crippen LogP contribution in [0.3, 0.4) is 0 Å². The molecule has 0 aromatic heterocycles. The van der Waals surface area contributed by atoms with E-state index in [1.165, 1.54) is 0 Å². The van der Waals surface area contributed by atoms with Crippen LogP contribution in [-0.4, -0.2) is 17.0 Å². The second kappa shape index (κ2) is 6.65. The highest BCUT2D eigenvalue weighted by Crippen LogP contribution is 2.25. The number of carbonyl (C=O) groups excluding carboxylic acids is 1. The Morgan fingerprint density at radius 3 is 2.48 bits per heavy atom. The lowest BCUT2D eigenvalue weighted by Gasteiger charge is -2.20. The van der Waals surface area contributed by atoms with Crippen molar-refractivity contribution in [2.45, 2.75) is 25.3 Å². The smallest absolute Gasteiger partial charge is 0.305 e. The molecule has 0 spiro atoms. The SMILES string of the molecule is O=C(O)C[C@H](NC(=O)C1CC=CC1)c1ccc2ccccc2c1. The number of fused-ring (bicyclic) bond motifs is 1. The summed E-state index contributed by atoms with van der Waals surface area (Å²) in [5, 5.41) is 14.2. The summed E-state index contributed by atoms with van der Waals surface area (Å²) in [5.74, 6) is -1.07. The van der Waals surface area contributed by atoms with Gasteiger partial charge < -0.3 is 10.4 Å². The maximum absolute atomic E-state index is 12.3. The fraction of sp³-hybridized carbons (Fsp3) is 0.263. The number of aliphatic carboxylic acids is 1. The van der Waals surface area contributed by atoms with E-state index in [0.717, 1.165) is 29.2 Å². The summed E-state index contributed by atoms with van der Waals surface area (Å²) in [5.41, 5.74) is 0.824. The summed E-state index contributed by atoms with van der Waals surface area (Å²) >= 11 is 0. The van der Waals surface area contributed by atoms with Crippen molar-refractivity contribution in [3.8, 4) is 0 Å². The van der Waals surface area contributed by atoms with Gasteiger partial charge in [0.05, 0.1) is 12.5 Å². The predicted octanol–water partition coefficient (Wildman–Crippen LogP) is 3.44. The van der Waals surface area contributed by atoms with Crippen LogP contribution in [0.4, 0.5) is 0 Å². The lowest BCUT2D eigenvalue weighted by molar-refractivity contribution is -0.137. The zero-order valence-corrected chi connectivity index (χ0v) is 12.7. The summed E-state index contributed by atoms with van der Waals surface area (Å²) in [7, 11) is 0. The molecule has 0 fully saturated rings. The molecule has 1 aliphatic rings. The molecule has 0 unspecified atom stereocenters. The van der Waals surface area contributed by atoms with Crippen LogP contribution in [0, 0.1) is 5.92 Å². The minimum atomic E-state index is -0.923. The monoisotopic (exact) mass is 309 g/mol. The van der Waals surface area contributed by atoms with Crippen molar-refractivity contribution in [1.29, 1.82) is 0 Å². The first-order valence-corrected chi connectivity index (χ1v) is 7.79. The van der Waals surface area contributed by atoms with Crippen LogP contribution in [0.15, 0.2) is 54.6 Å². The van der Waals surface area contributed by atoms with Crippen molar-refractivity contribution in [3.63, 3.8) is 0 Å². The van der Waals surface area contributed by atoms with E-state index in [0.29, 0.717) is 0 Å². The number of carboxylic acids is 1. The van der Waals surface area contributed by atoms with Gasteiger partial charge >= 0.3 is 5.97 Å². The maximum Gasteiger partial charge on any atom is 0.305 e. The van der Waals surface area contributed by atoms with Crippen molar-refractivity contribution >= 4 is 22.6 Å². The van der Waals surface area contributed by atoms with Crippen molar-refractivity contribution in [1.82, 2.24) is 5.32 Å². The van der Waals surface area contributed by atoms with E-state index in [4.69, 9.17) is 0 Å². The molecule has 1 atom stereocenters. The molecule has 1 aliphatic carbocycles. The normalized spacial score (nSPS) is 15.7. The van der Waals surface area contributed by atoms with Crippen molar-refractivity contribution in [2.24, 2.45) is 5.92 Å². The Morgan fingerprint density at radius 1 is 1.09 bits per heavy atom. The molecule has 23 heavy (non-hydrogen) atoms. The molecular formula is C19H19NO3. The minimum Gasteiger partial charge on any atom is -0.481 e. The van der Waals surface area contributed by atoms with Gasteiger partial charge in [-0.2, -0.15) is 0 Å². The Balaban J connectivity index is 1.84. The summed E-state index contributed by atoms with van der Waals surface area (Å²) in [6, 6.07) is 13.2. The van der Waals surface area contributed by atoms with Crippen LogP contribution in [0.5, 0.6) is 0 Å². The third-order valence-corrected chi connectivity index (χ3v) is 4.25. The number of carboxylic acid groups (broad SMARTS) is 1. The highest BCUT2D eigenvalue weighted by molar-refractivity contribution is 5.84. The number of benzene rings is 2. The second-order valence-corrected chi connectivity index (χ2v) is 5.91. The minimum absolute atomic E-state index is 0.0746. The fourth-order valence-corrected chi connectivity index (χ4v) is 2.97. The van der Waals surface area contributed by atoms with Crippen LogP contribution >= 0.6 is 0 Å². The van der Waals surface area contributed by atoms with Crippen LogP contribution in [0.1, 0.15) is 30.9 Å². The molecule has 0 saturated heterocycles. The molecule has 0 radical (unpaired) electrons. The third-order valence-electron chi connectivity index (χ3n) is 4.25. The van der Waals surface area contributed by atoms with E-state index >= 15 is 0 Å². The number of nitrogens with one attached hydrogen (secondary N) is 1. The number of hydrogen-bond donors (Lipinski definition) is 2. The van der Waals surface area contributed by atoms with Crippen molar-refractivity contribution in [2.75, 3.05) is 0 Å². The Hall–Kier alpha value is -2.62. The Bertz CT molecular complexity index is 758. The lowest BCUT2D eigenvalue weighted by Crippen LogP contribution is -2.34. The third kappa shape index (κ3) is 3.59. The number of amides is 1. The van der Waals surface area contributed by atoms with Gasteiger partial charge in [0.2, 0.25) is 5.91 Å². The molecule has 4 nitrogen and oxygen atoms in total. The molecule has 2 aromatic carbocycles. The topological polar surface area (TPSA) is 66.4 Å². The van der Waals surface area contributed by atoms with Crippen LogP contribution < -0.4 is 5.32 Å². The quantitative estimate of drug-likeness (QED) is 0.831. The first-order chi connectivity index (χ1) is 11.1. The zero-order valence-electron chi connectivity index (χ0n) is 12.7. The first-order valence-electron chi connectivity index (χ1n) is 7.79. The average molecular weight is 309 g/mol. The predicted molar refractivity (Wildman–Crippen MR) is 88.9 cm³/mol. The van der Waals surface area contributed by atoms with Gasteiger partial charge in [0, 0.05) is 5.92 Å². The molecule has 0 bridgehead atoms. The molecule has 0 heterocycles. The fourth-order valence-electron chi connectivity index (χ4n) is 2.97. The molecule has 0 saturated carbocycles. The molecule has 0 aliphatic heterocycles. The van der Waals surface area contributed by atoms with E-state index in [-0.39, 0.29) is 18.2 Å². The van der Waals surface area contributed by atoms with Gasteiger partial charge in [0.25, 0.3) is 0 Å². The van der Waals surface area contributed by atoms with Crippen LogP contribution in [-0.2, 0) is 9.59 Å². The number of rotatable bonds is 5. The van der Waals surface area contributed by atoms with E-state index < -0.39 is 12.0 Å². The number of hydrogen-bond acceptors (Lipinski definition) is 2. The zero-order chi connectivity index (χ0) is 16.2. The molecular weight excluding hydrogens is 290 g/mol. The van der Waals surface area contributed by atoms with Gasteiger partial charge in [-0.3, -0.25) is 9.59 Å². The molecule has 2 N–H and O–H groups in total. The van der Waals surface area contributed by atoms with E-state index in [1.807, 2.05) is 54.6 Å². The summed E-state index contributed by atoms with van der Waals surface area (Å²) in [6.45, 7) is 0. The van der Waals surface area contributed by atoms with Crippen molar-refractivity contribution in [3.05, 3.63) is 60.2 Å². The average Bonchev–Trinajstić information content (AvgIpc) is 3.08. The van der Waals surface area contributed by atoms with E-state index in [2.05, 4.69) is 5.32 Å². The number of carbonyl (C=O) groups is 2.